The number of amides is 1. The van der Waals surface area contributed by atoms with E-state index in [9.17, 15) is 4.79 Å². The van der Waals surface area contributed by atoms with Crippen molar-refractivity contribution in [2.75, 3.05) is 46.6 Å². The van der Waals surface area contributed by atoms with Gasteiger partial charge in [0.15, 0.2) is 6.10 Å². The Kier molecular flexibility index (Phi) is 40.6. The quantitative estimate of drug-likeness (QED) is 0.0502. The number of unbranched alkanes of at least 4 members (excludes halogenated alkanes) is 24. The molecule has 0 fully saturated rings. The van der Waals surface area contributed by atoms with Crippen LogP contribution in [0.15, 0.2) is 24.3 Å². The van der Waals surface area contributed by atoms with E-state index in [0.29, 0.717) is 26.4 Å². The highest BCUT2D eigenvalue weighted by atomic mass is 16.6. The highest BCUT2D eigenvalue weighted by Gasteiger charge is 2.28. The Morgan fingerprint density at radius 2 is 0.902 bits per heavy atom. The molecule has 1 amide bonds. The molecule has 0 saturated carbocycles. The lowest BCUT2D eigenvalue weighted by atomic mass is 10.1. The number of nitrogens with zero attached hydrogens (tertiary/aromatic N) is 1. The molecule has 0 aliphatic rings. The Hall–Kier alpha value is -1.21. The van der Waals surface area contributed by atoms with E-state index >= 15 is 0 Å². The molecule has 0 aromatic heterocycles. The van der Waals surface area contributed by atoms with E-state index in [-0.39, 0.29) is 0 Å². The molecular weight excluding hydrogens is 633 g/mol. The molecule has 0 spiro atoms. The van der Waals surface area contributed by atoms with Crippen molar-refractivity contribution < 1.29 is 19.0 Å². The number of ether oxygens (including phenoxy) is 3. The second-order valence-corrected chi connectivity index (χ2v) is 14.9. The zero-order valence-corrected chi connectivity index (χ0v) is 34.7. The van der Waals surface area contributed by atoms with Crippen LogP contribution < -0.4 is 5.73 Å². The first-order chi connectivity index (χ1) is 25.1. The minimum atomic E-state index is -0.772. The second kappa shape index (κ2) is 41.5. The first-order valence-electron chi connectivity index (χ1n) is 22.1. The SMILES string of the molecule is CCCCCCCCC=CCCCCCCCCOC(COCCN(C)CC)C(OCCCCCCCCC=CCCCCCCCC)C(N)=O. The maximum atomic E-state index is 12.5. The average molecular weight is 721 g/mol. The van der Waals surface area contributed by atoms with E-state index in [1.807, 2.05) is 0 Å². The third-order valence-corrected chi connectivity index (χ3v) is 10.00. The first kappa shape index (κ1) is 49.8. The van der Waals surface area contributed by atoms with Crippen LogP contribution in [0.3, 0.4) is 0 Å². The predicted octanol–water partition coefficient (Wildman–Crippen LogP) is 12.3. The number of carbonyl (C=O) groups is 1. The monoisotopic (exact) mass is 721 g/mol. The summed E-state index contributed by atoms with van der Waals surface area (Å²) in [6.07, 6.45) is 43.9. The zero-order valence-electron chi connectivity index (χ0n) is 34.7. The summed E-state index contributed by atoms with van der Waals surface area (Å²) in [5.41, 5.74) is 5.83. The second-order valence-electron chi connectivity index (χ2n) is 14.9. The van der Waals surface area contributed by atoms with Crippen LogP contribution in [0.1, 0.15) is 201 Å². The van der Waals surface area contributed by atoms with Crippen molar-refractivity contribution in [1.29, 1.82) is 0 Å². The van der Waals surface area contributed by atoms with Crippen molar-refractivity contribution in [3.63, 3.8) is 0 Å². The van der Waals surface area contributed by atoms with Gasteiger partial charge in [-0.25, -0.2) is 0 Å². The molecule has 0 saturated heterocycles. The van der Waals surface area contributed by atoms with Gasteiger partial charge in [-0.2, -0.15) is 0 Å². The van der Waals surface area contributed by atoms with Crippen LogP contribution >= 0.6 is 0 Å². The van der Waals surface area contributed by atoms with E-state index in [1.165, 1.54) is 154 Å². The van der Waals surface area contributed by atoms with Gasteiger partial charge in [0.25, 0.3) is 0 Å². The van der Waals surface area contributed by atoms with Crippen LogP contribution in [0.5, 0.6) is 0 Å². The summed E-state index contributed by atoms with van der Waals surface area (Å²) < 4.78 is 18.2. The van der Waals surface area contributed by atoms with Gasteiger partial charge in [0.2, 0.25) is 5.91 Å². The van der Waals surface area contributed by atoms with Gasteiger partial charge in [-0.05, 0) is 77.8 Å². The van der Waals surface area contributed by atoms with Gasteiger partial charge < -0.3 is 24.8 Å². The predicted molar refractivity (Wildman–Crippen MR) is 222 cm³/mol. The summed E-state index contributed by atoms with van der Waals surface area (Å²) >= 11 is 0. The van der Waals surface area contributed by atoms with Crippen molar-refractivity contribution in [2.45, 2.75) is 213 Å². The number of likely N-dealkylation sites (N-methyl/N-ethyl adjacent to an activating group) is 1. The van der Waals surface area contributed by atoms with Crippen molar-refractivity contribution in [3.8, 4) is 0 Å². The molecule has 0 rings (SSSR count). The van der Waals surface area contributed by atoms with Gasteiger partial charge in [0, 0.05) is 19.8 Å². The lowest BCUT2D eigenvalue weighted by Gasteiger charge is -2.26. The van der Waals surface area contributed by atoms with Crippen molar-refractivity contribution in [1.82, 2.24) is 4.90 Å². The summed E-state index contributed by atoms with van der Waals surface area (Å²) in [4.78, 5) is 14.7. The van der Waals surface area contributed by atoms with Gasteiger partial charge in [0.1, 0.15) is 6.10 Å². The largest absolute Gasteiger partial charge is 0.377 e. The smallest absolute Gasteiger partial charge is 0.249 e. The highest BCUT2D eigenvalue weighted by molar-refractivity contribution is 5.79. The van der Waals surface area contributed by atoms with Crippen LogP contribution in [0.2, 0.25) is 0 Å². The summed E-state index contributed by atoms with van der Waals surface area (Å²) in [6, 6.07) is 0. The zero-order chi connectivity index (χ0) is 37.3. The number of hydrogen-bond acceptors (Lipinski definition) is 5. The molecule has 0 aromatic carbocycles. The lowest BCUT2D eigenvalue weighted by molar-refractivity contribution is -0.148. The lowest BCUT2D eigenvalue weighted by Crippen LogP contribution is -2.45. The molecule has 0 heterocycles. The molecule has 2 unspecified atom stereocenters. The topological polar surface area (TPSA) is 74.0 Å². The number of primary amides is 1. The molecule has 2 atom stereocenters. The number of nitrogens with two attached hydrogens (primary N) is 1. The Morgan fingerprint density at radius 3 is 1.29 bits per heavy atom. The van der Waals surface area contributed by atoms with Gasteiger partial charge in [-0.15, -0.1) is 0 Å². The van der Waals surface area contributed by atoms with Crippen LogP contribution in [0, 0.1) is 0 Å². The summed E-state index contributed by atoms with van der Waals surface area (Å²) in [7, 11) is 2.08. The van der Waals surface area contributed by atoms with Gasteiger partial charge in [-0.3, -0.25) is 4.79 Å². The third kappa shape index (κ3) is 36.9. The Labute approximate surface area is 318 Å². The van der Waals surface area contributed by atoms with Gasteiger partial charge >= 0.3 is 0 Å². The number of hydrogen-bond donors (Lipinski definition) is 1. The van der Waals surface area contributed by atoms with Gasteiger partial charge in [-0.1, -0.05) is 161 Å². The minimum Gasteiger partial charge on any atom is -0.377 e. The molecule has 0 aliphatic heterocycles. The van der Waals surface area contributed by atoms with E-state index < -0.39 is 18.1 Å². The highest BCUT2D eigenvalue weighted by Crippen LogP contribution is 2.14. The fourth-order valence-electron chi connectivity index (χ4n) is 6.32. The molecule has 6 heteroatoms. The summed E-state index contributed by atoms with van der Waals surface area (Å²) in [5, 5.41) is 0. The molecule has 302 valence electrons. The molecular formula is C45H88N2O4. The standard InChI is InChI=1S/C45H88N2O4/c1-5-8-10-12-14-16-18-20-22-24-26-28-30-32-34-36-39-50-43(42-49-41-38-47(4)7-3)44(45(46)48)51-40-37-35-33-31-29-27-25-23-21-19-17-15-13-11-9-6-2/h20-23,43-44H,5-19,24-42H2,1-4H3,(H2,46,48). The maximum Gasteiger partial charge on any atom is 0.249 e. The third-order valence-electron chi connectivity index (χ3n) is 10.00. The van der Waals surface area contributed by atoms with E-state index in [0.717, 1.165) is 38.8 Å². The van der Waals surface area contributed by atoms with Gasteiger partial charge in [0.05, 0.1) is 13.2 Å². The molecule has 0 bridgehead atoms. The average Bonchev–Trinajstić information content (AvgIpc) is 3.13. The number of rotatable bonds is 42. The normalized spacial score (nSPS) is 13.3. The van der Waals surface area contributed by atoms with Crippen molar-refractivity contribution in [2.24, 2.45) is 5.73 Å². The van der Waals surface area contributed by atoms with E-state index in [4.69, 9.17) is 19.9 Å². The fraction of sp³-hybridized carbons (Fsp3) is 0.889. The fourth-order valence-corrected chi connectivity index (χ4v) is 6.32. The summed E-state index contributed by atoms with van der Waals surface area (Å²) in [5.74, 6) is -0.458. The summed E-state index contributed by atoms with van der Waals surface area (Å²) in [6.45, 7) is 10.6. The molecule has 2 N–H and O–H groups in total. The van der Waals surface area contributed by atoms with Crippen molar-refractivity contribution >= 4 is 5.91 Å². The van der Waals surface area contributed by atoms with Crippen molar-refractivity contribution in [3.05, 3.63) is 24.3 Å². The number of carbonyl (C=O) groups excluding carboxylic acids is 1. The number of allylic oxidation sites excluding steroid dienone is 4. The molecule has 0 aliphatic carbocycles. The minimum absolute atomic E-state index is 0.324. The Bertz CT molecular complexity index is 758. The van der Waals surface area contributed by atoms with E-state index in [1.54, 1.807) is 0 Å². The van der Waals surface area contributed by atoms with Crippen LogP contribution in [0.4, 0.5) is 0 Å². The molecule has 0 radical (unpaired) electrons. The molecule has 6 nitrogen and oxygen atoms in total. The molecule has 0 aromatic rings. The van der Waals surface area contributed by atoms with Crippen LogP contribution in [-0.2, 0) is 19.0 Å². The maximum absolute atomic E-state index is 12.5. The molecule has 51 heavy (non-hydrogen) atoms. The Balaban J connectivity index is 4.18. The first-order valence-corrected chi connectivity index (χ1v) is 22.1. The van der Waals surface area contributed by atoms with Crippen LogP contribution in [-0.4, -0.2) is 69.6 Å². The van der Waals surface area contributed by atoms with E-state index in [2.05, 4.69) is 57.0 Å². The van der Waals surface area contributed by atoms with Crippen LogP contribution in [0.25, 0.3) is 0 Å². The Morgan fingerprint density at radius 1 is 0.529 bits per heavy atom.